The molecular weight excluding hydrogens is 266 g/mol. The van der Waals surface area contributed by atoms with Crippen molar-refractivity contribution < 1.29 is 0 Å². The Balaban J connectivity index is 2.41. The molecule has 13 heavy (non-hydrogen) atoms. The summed E-state index contributed by atoms with van der Waals surface area (Å²) in [4.78, 5) is 5.81. The zero-order chi connectivity index (χ0) is 9.26. The summed E-state index contributed by atoms with van der Waals surface area (Å²) in [5.74, 6) is 0. The number of aryl methyl sites for hydroxylation is 1. The Labute approximate surface area is 93.6 Å². The monoisotopic (exact) mass is 273 g/mol. The van der Waals surface area contributed by atoms with Gasteiger partial charge in [0, 0.05) is 5.38 Å². The summed E-state index contributed by atoms with van der Waals surface area (Å²) < 4.78 is 0. The summed E-state index contributed by atoms with van der Waals surface area (Å²) in [5, 5.41) is 6.22. The molecule has 68 valence electrons. The van der Waals surface area contributed by atoms with Crippen LogP contribution in [0.2, 0.25) is 0 Å². The number of aromatic nitrogens is 1. The number of nitrogens with zero attached hydrogens (tertiary/aromatic N) is 1. The van der Waals surface area contributed by atoms with Gasteiger partial charge < -0.3 is 0 Å². The normalized spacial score (nSPS) is 10.6. The largest absolute Gasteiger partial charge is 0.239 e. The van der Waals surface area contributed by atoms with Crippen molar-refractivity contribution in [2.24, 2.45) is 0 Å². The first-order valence-corrected chi connectivity index (χ1v) is 6.74. The van der Waals surface area contributed by atoms with Gasteiger partial charge in [0.15, 0.2) is 0 Å². The van der Waals surface area contributed by atoms with Crippen LogP contribution in [-0.2, 0) is 5.33 Å². The highest BCUT2D eigenvalue weighted by Gasteiger charge is 2.07. The van der Waals surface area contributed by atoms with Gasteiger partial charge in [0.05, 0.1) is 15.9 Å². The van der Waals surface area contributed by atoms with Gasteiger partial charge in [-0.3, -0.25) is 0 Å². The minimum atomic E-state index is 0.849. The SMILES string of the molecule is Cc1ccsc1-c1csc(CBr)n1. The summed E-state index contributed by atoms with van der Waals surface area (Å²) in [6, 6.07) is 2.13. The van der Waals surface area contributed by atoms with Crippen LogP contribution < -0.4 is 0 Å². The summed E-state index contributed by atoms with van der Waals surface area (Å²) >= 11 is 6.86. The van der Waals surface area contributed by atoms with Crippen LogP contribution in [0.4, 0.5) is 0 Å². The van der Waals surface area contributed by atoms with Crippen LogP contribution in [0, 0.1) is 6.92 Å². The molecule has 0 amide bonds. The molecular formula is C9H8BrNS2. The topological polar surface area (TPSA) is 12.9 Å². The van der Waals surface area contributed by atoms with Crippen molar-refractivity contribution in [3.63, 3.8) is 0 Å². The Morgan fingerprint density at radius 1 is 1.46 bits per heavy atom. The van der Waals surface area contributed by atoms with Crippen molar-refractivity contribution in [1.82, 2.24) is 4.98 Å². The van der Waals surface area contributed by atoms with Gasteiger partial charge in [-0.15, -0.1) is 22.7 Å². The highest BCUT2D eigenvalue weighted by Crippen LogP contribution is 2.30. The molecule has 0 aliphatic carbocycles. The fraction of sp³-hybridized carbons (Fsp3) is 0.222. The van der Waals surface area contributed by atoms with Crippen LogP contribution in [0.3, 0.4) is 0 Å². The van der Waals surface area contributed by atoms with Gasteiger partial charge in [-0.05, 0) is 23.9 Å². The van der Waals surface area contributed by atoms with Crippen molar-refractivity contribution in [1.29, 1.82) is 0 Å². The van der Waals surface area contributed by atoms with Crippen LogP contribution in [0.5, 0.6) is 0 Å². The van der Waals surface area contributed by atoms with E-state index in [1.54, 1.807) is 22.7 Å². The number of hydrogen-bond acceptors (Lipinski definition) is 3. The molecule has 4 heteroatoms. The van der Waals surface area contributed by atoms with Crippen molar-refractivity contribution in [3.8, 4) is 10.6 Å². The van der Waals surface area contributed by atoms with Gasteiger partial charge in [-0.1, -0.05) is 15.9 Å². The molecule has 1 nitrogen and oxygen atoms in total. The van der Waals surface area contributed by atoms with Gasteiger partial charge in [-0.2, -0.15) is 0 Å². The Morgan fingerprint density at radius 3 is 2.85 bits per heavy atom. The fourth-order valence-electron chi connectivity index (χ4n) is 1.11. The lowest BCUT2D eigenvalue weighted by molar-refractivity contribution is 1.28. The molecule has 0 aliphatic rings. The number of thiophene rings is 1. The minimum Gasteiger partial charge on any atom is -0.239 e. The van der Waals surface area contributed by atoms with Gasteiger partial charge in [0.2, 0.25) is 0 Å². The number of thiazole rings is 1. The third kappa shape index (κ3) is 1.85. The summed E-state index contributed by atoms with van der Waals surface area (Å²) in [6.07, 6.45) is 0. The molecule has 0 N–H and O–H groups in total. The zero-order valence-corrected chi connectivity index (χ0v) is 10.3. The molecule has 2 aromatic rings. The Hall–Kier alpha value is -0.190. The lowest BCUT2D eigenvalue weighted by Gasteiger charge is -1.91. The summed E-state index contributed by atoms with van der Waals surface area (Å²) in [7, 11) is 0. The molecule has 0 aliphatic heterocycles. The molecule has 0 atom stereocenters. The predicted molar refractivity (Wildman–Crippen MR) is 62.8 cm³/mol. The fourth-order valence-corrected chi connectivity index (χ4v) is 3.23. The molecule has 0 saturated heterocycles. The molecule has 2 rings (SSSR count). The van der Waals surface area contributed by atoms with E-state index in [1.807, 2.05) is 0 Å². The third-order valence-electron chi connectivity index (χ3n) is 1.76. The Morgan fingerprint density at radius 2 is 2.31 bits per heavy atom. The average molecular weight is 274 g/mol. The van der Waals surface area contributed by atoms with Gasteiger partial charge in [-0.25, -0.2) is 4.98 Å². The highest BCUT2D eigenvalue weighted by molar-refractivity contribution is 9.08. The first-order chi connectivity index (χ1) is 6.31. The average Bonchev–Trinajstić information content (AvgIpc) is 2.71. The summed E-state index contributed by atoms with van der Waals surface area (Å²) in [5.41, 5.74) is 2.43. The zero-order valence-electron chi connectivity index (χ0n) is 7.08. The van der Waals surface area contributed by atoms with E-state index in [-0.39, 0.29) is 0 Å². The van der Waals surface area contributed by atoms with Crippen molar-refractivity contribution in [2.75, 3.05) is 0 Å². The number of alkyl halides is 1. The number of rotatable bonds is 2. The van der Waals surface area contributed by atoms with Crippen molar-refractivity contribution >= 4 is 38.6 Å². The van der Waals surface area contributed by atoms with E-state index in [9.17, 15) is 0 Å². The van der Waals surface area contributed by atoms with E-state index >= 15 is 0 Å². The van der Waals surface area contributed by atoms with E-state index in [0.717, 1.165) is 16.0 Å². The molecule has 0 saturated carbocycles. The maximum absolute atomic E-state index is 4.51. The molecule has 2 aromatic heterocycles. The lowest BCUT2D eigenvalue weighted by Crippen LogP contribution is -1.77. The molecule has 2 heterocycles. The van der Waals surface area contributed by atoms with E-state index in [1.165, 1.54) is 10.4 Å². The standard InChI is InChI=1S/C9H8BrNS2/c1-6-2-3-12-9(6)7-5-13-8(4-10)11-7/h2-3,5H,4H2,1H3. The molecule has 0 fully saturated rings. The van der Waals surface area contributed by atoms with Crippen LogP contribution in [0.1, 0.15) is 10.6 Å². The smallest absolute Gasteiger partial charge is 0.104 e. The van der Waals surface area contributed by atoms with Crippen LogP contribution in [0.15, 0.2) is 16.8 Å². The maximum Gasteiger partial charge on any atom is 0.104 e. The molecule has 0 radical (unpaired) electrons. The highest BCUT2D eigenvalue weighted by atomic mass is 79.9. The molecule has 0 unspecified atom stereocenters. The van der Waals surface area contributed by atoms with Gasteiger partial charge >= 0.3 is 0 Å². The van der Waals surface area contributed by atoms with Gasteiger partial charge in [0.1, 0.15) is 5.01 Å². The van der Waals surface area contributed by atoms with E-state index in [0.29, 0.717) is 0 Å². The molecule has 0 spiro atoms. The second-order valence-electron chi connectivity index (χ2n) is 2.69. The van der Waals surface area contributed by atoms with E-state index in [4.69, 9.17) is 0 Å². The number of halogens is 1. The first kappa shape index (κ1) is 9.37. The Kier molecular flexibility index (Phi) is 2.81. The van der Waals surface area contributed by atoms with E-state index < -0.39 is 0 Å². The number of hydrogen-bond donors (Lipinski definition) is 0. The first-order valence-electron chi connectivity index (χ1n) is 3.86. The van der Waals surface area contributed by atoms with Crippen molar-refractivity contribution in [2.45, 2.75) is 12.3 Å². The van der Waals surface area contributed by atoms with Crippen LogP contribution in [-0.4, -0.2) is 4.98 Å². The van der Waals surface area contributed by atoms with Crippen LogP contribution >= 0.6 is 38.6 Å². The van der Waals surface area contributed by atoms with E-state index in [2.05, 4.69) is 44.7 Å². The third-order valence-corrected chi connectivity index (χ3v) is 4.55. The molecule has 0 bridgehead atoms. The second kappa shape index (κ2) is 3.90. The minimum absolute atomic E-state index is 0.849. The molecule has 0 aromatic carbocycles. The lowest BCUT2D eigenvalue weighted by atomic mass is 10.2. The Bertz CT molecular complexity index is 405. The summed E-state index contributed by atoms with van der Waals surface area (Å²) in [6.45, 7) is 2.12. The maximum atomic E-state index is 4.51. The van der Waals surface area contributed by atoms with Gasteiger partial charge in [0.25, 0.3) is 0 Å². The van der Waals surface area contributed by atoms with Crippen LogP contribution in [0.25, 0.3) is 10.6 Å². The quantitative estimate of drug-likeness (QED) is 0.752. The predicted octanol–water partition coefficient (Wildman–Crippen LogP) is 4.07. The van der Waals surface area contributed by atoms with Crippen molar-refractivity contribution in [3.05, 3.63) is 27.4 Å². The second-order valence-corrected chi connectivity index (χ2v) is 5.11.